The van der Waals surface area contributed by atoms with Crippen molar-refractivity contribution in [1.29, 1.82) is 0 Å². The predicted octanol–water partition coefficient (Wildman–Crippen LogP) is 3.50. The molecule has 1 aromatic carbocycles. The van der Waals surface area contributed by atoms with Gasteiger partial charge in [-0.05, 0) is 25.3 Å². The van der Waals surface area contributed by atoms with Crippen LogP contribution in [-0.4, -0.2) is 35.1 Å². The predicted molar refractivity (Wildman–Crippen MR) is 97.5 cm³/mol. The Morgan fingerprint density at radius 3 is 2.60 bits per heavy atom. The number of nitrogens with zero attached hydrogens (tertiary/aromatic N) is 2. The maximum Gasteiger partial charge on any atom is 0.257 e. The van der Waals surface area contributed by atoms with Gasteiger partial charge in [-0.3, -0.25) is 9.69 Å². The Labute approximate surface area is 149 Å². The van der Waals surface area contributed by atoms with E-state index in [1.807, 2.05) is 26.8 Å². The van der Waals surface area contributed by atoms with E-state index in [9.17, 15) is 4.79 Å². The van der Waals surface area contributed by atoms with Crippen LogP contribution < -0.4 is 5.32 Å². The number of hydrogen-bond donors (Lipinski definition) is 1. The molecule has 1 fully saturated rings. The Morgan fingerprint density at radius 1 is 1.28 bits per heavy atom. The lowest BCUT2D eigenvalue weighted by Gasteiger charge is -2.32. The summed E-state index contributed by atoms with van der Waals surface area (Å²) in [6, 6.07) is 10.7. The number of likely N-dealkylation sites (tertiary alicyclic amines) is 1. The van der Waals surface area contributed by atoms with Gasteiger partial charge in [0.2, 0.25) is 0 Å². The first-order valence-corrected chi connectivity index (χ1v) is 9.08. The summed E-state index contributed by atoms with van der Waals surface area (Å²) < 4.78 is 5.33. The zero-order valence-electron chi connectivity index (χ0n) is 15.3. The molecule has 1 N–H and O–H groups in total. The fourth-order valence-electron chi connectivity index (χ4n) is 3.39. The monoisotopic (exact) mass is 341 g/mol. The van der Waals surface area contributed by atoms with E-state index in [-0.39, 0.29) is 17.9 Å². The molecular formula is C20H27N3O2. The van der Waals surface area contributed by atoms with Gasteiger partial charge in [0, 0.05) is 31.6 Å². The van der Waals surface area contributed by atoms with E-state index in [2.05, 4.69) is 39.6 Å². The first kappa shape index (κ1) is 17.7. The Morgan fingerprint density at radius 2 is 1.96 bits per heavy atom. The van der Waals surface area contributed by atoms with Crippen molar-refractivity contribution < 1.29 is 9.32 Å². The Balaban J connectivity index is 1.54. The van der Waals surface area contributed by atoms with E-state index >= 15 is 0 Å². The number of piperidine rings is 1. The van der Waals surface area contributed by atoms with Crippen molar-refractivity contribution in [1.82, 2.24) is 15.4 Å². The van der Waals surface area contributed by atoms with Crippen LogP contribution in [0.2, 0.25) is 0 Å². The Kier molecular flexibility index (Phi) is 5.53. The largest absolute Gasteiger partial charge is 0.360 e. The number of nitrogens with one attached hydrogen (secondary N) is 1. The molecule has 0 atom stereocenters. The average Bonchev–Trinajstić information content (AvgIpc) is 2.99. The molecule has 2 heterocycles. The van der Waals surface area contributed by atoms with Crippen LogP contribution in [0.4, 0.5) is 0 Å². The van der Waals surface area contributed by atoms with Crippen LogP contribution in [-0.2, 0) is 6.54 Å². The minimum absolute atomic E-state index is 0.0519. The van der Waals surface area contributed by atoms with Gasteiger partial charge in [-0.25, -0.2) is 0 Å². The van der Waals surface area contributed by atoms with Gasteiger partial charge in [0.1, 0.15) is 5.56 Å². The van der Waals surface area contributed by atoms with E-state index < -0.39 is 0 Å². The second-order valence-electron chi connectivity index (χ2n) is 7.17. The molecule has 1 aliphatic heterocycles. The van der Waals surface area contributed by atoms with E-state index in [4.69, 9.17) is 4.52 Å². The third kappa shape index (κ3) is 4.28. The van der Waals surface area contributed by atoms with E-state index in [1.165, 1.54) is 5.56 Å². The first-order chi connectivity index (χ1) is 12.0. The lowest BCUT2D eigenvalue weighted by atomic mass is 10.0. The molecule has 1 saturated heterocycles. The van der Waals surface area contributed by atoms with Crippen LogP contribution in [0.5, 0.6) is 0 Å². The standard InChI is InChI=1S/C20H27N3O2/c1-14(2)19-18(15(3)22-25-19)20(24)21-17-9-11-23(12-10-17)13-16-7-5-4-6-8-16/h4-8,14,17H,9-13H2,1-3H3,(H,21,24). The second kappa shape index (κ2) is 7.83. The molecule has 1 aromatic heterocycles. The van der Waals surface area contributed by atoms with Crippen molar-refractivity contribution in [3.63, 3.8) is 0 Å². The maximum absolute atomic E-state index is 12.7. The summed E-state index contributed by atoms with van der Waals surface area (Å²) in [7, 11) is 0. The summed E-state index contributed by atoms with van der Waals surface area (Å²) in [5, 5.41) is 7.14. The molecular weight excluding hydrogens is 314 g/mol. The molecule has 0 saturated carbocycles. The van der Waals surface area contributed by atoms with Crippen molar-refractivity contribution >= 4 is 5.91 Å². The maximum atomic E-state index is 12.7. The van der Waals surface area contributed by atoms with Gasteiger partial charge in [-0.1, -0.05) is 49.3 Å². The number of rotatable bonds is 5. The highest BCUT2D eigenvalue weighted by molar-refractivity contribution is 5.96. The summed E-state index contributed by atoms with van der Waals surface area (Å²) in [6.45, 7) is 8.83. The molecule has 3 rings (SSSR count). The molecule has 25 heavy (non-hydrogen) atoms. The average molecular weight is 341 g/mol. The third-order valence-corrected chi connectivity index (χ3v) is 4.81. The molecule has 1 amide bonds. The van der Waals surface area contributed by atoms with Gasteiger partial charge in [0.15, 0.2) is 5.76 Å². The summed E-state index contributed by atoms with van der Waals surface area (Å²) in [4.78, 5) is 15.1. The Hall–Kier alpha value is -2.14. The number of aryl methyl sites for hydroxylation is 1. The second-order valence-corrected chi connectivity index (χ2v) is 7.17. The fraction of sp³-hybridized carbons (Fsp3) is 0.500. The van der Waals surface area contributed by atoms with Crippen molar-refractivity contribution in [3.05, 3.63) is 52.9 Å². The van der Waals surface area contributed by atoms with Gasteiger partial charge in [-0.15, -0.1) is 0 Å². The first-order valence-electron chi connectivity index (χ1n) is 9.08. The van der Waals surface area contributed by atoms with Crippen molar-refractivity contribution in [2.24, 2.45) is 0 Å². The van der Waals surface area contributed by atoms with E-state index in [0.29, 0.717) is 17.0 Å². The summed E-state index contributed by atoms with van der Waals surface area (Å²) in [5.41, 5.74) is 2.62. The number of benzene rings is 1. The SMILES string of the molecule is Cc1noc(C(C)C)c1C(=O)NC1CCN(Cc2ccccc2)CC1. The number of carbonyl (C=O) groups excluding carboxylic acids is 1. The zero-order chi connectivity index (χ0) is 17.8. The highest BCUT2D eigenvalue weighted by Crippen LogP contribution is 2.23. The molecule has 0 unspecified atom stereocenters. The third-order valence-electron chi connectivity index (χ3n) is 4.81. The van der Waals surface area contributed by atoms with Crippen molar-refractivity contribution in [2.75, 3.05) is 13.1 Å². The minimum atomic E-state index is -0.0519. The highest BCUT2D eigenvalue weighted by atomic mass is 16.5. The van der Waals surface area contributed by atoms with Crippen LogP contribution >= 0.6 is 0 Å². The molecule has 0 aliphatic carbocycles. The van der Waals surface area contributed by atoms with Crippen LogP contribution in [0.1, 0.15) is 60.0 Å². The number of hydrogen-bond acceptors (Lipinski definition) is 4. The molecule has 5 heteroatoms. The van der Waals surface area contributed by atoms with Gasteiger partial charge < -0.3 is 9.84 Å². The molecule has 5 nitrogen and oxygen atoms in total. The molecule has 1 aliphatic rings. The van der Waals surface area contributed by atoms with Gasteiger partial charge in [-0.2, -0.15) is 0 Å². The minimum Gasteiger partial charge on any atom is -0.360 e. The van der Waals surface area contributed by atoms with Crippen LogP contribution in [0, 0.1) is 6.92 Å². The van der Waals surface area contributed by atoms with Crippen molar-refractivity contribution in [3.8, 4) is 0 Å². The van der Waals surface area contributed by atoms with Gasteiger partial charge in [0.05, 0.1) is 5.69 Å². The zero-order valence-corrected chi connectivity index (χ0v) is 15.3. The smallest absolute Gasteiger partial charge is 0.257 e. The summed E-state index contributed by atoms with van der Waals surface area (Å²) in [5.74, 6) is 0.773. The van der Waals surface area contributed by atoms with Crippen molar-refractivity contribution in [2.45, 2.75) is 52.1 Å². The highest BCUT2D eigenvalue weighted by Gasteiger charge is 2.26. The molecule has 2 aromatic rings. The van der Waals surface area contributed by atoms with Gasteiger partial charge >= 0.3 is 0 Å². The number of aromatic nitrogens is 1. The topological polar surface area (TPSA) is 58.4 Å². The summed E-state index contributed by atoms with van der Waals surface area (Å²) in [6.07, 6.45) is 1.94. The van der Waals surface area contributed by atoms with E-state index in [0.717, 1.165) is 32.5 Å². The van der Waals surface area contributed by atoms with Crippen LogP contribution in [0.15, 0.2) is 34.9 Å². The van der Waals surface area contributed by atoms with Gasteiger partial charge in [0.25, 0.3) is 5.91 Å². The normalized spacial score (nSPS) is 16.3. The lowest BCUT2D eigenvalue weighted by Crippen LogP contribution is -2.44. The molecule has 0 radical (unpaired) electrons. The van der Waals surface area contributed by atoms with E-state index in [1.54, 1.807) is 0 Å². The quantitative estimate of drug-likeness (QED) is 0.904. The lowest BCUT2D eigenvalue weighted by molar-refractivity contribution is 0.0906. The Bertz CT molecular complexity index is 701. The fourth-order valence-corrected chi connectivity index (χ4v) is 3.39. The number of carbonyl (C=O) groups is 1. The van der Waals surface area contributed by atoms with Crippen LogP contribution in [0.3, 0.4) is 0 Å². The molecule has 0 bridgehead atoms. The number of amides is 1. The molecule has 134 valence electrons. The summed E-state index contributed by atoms with van der Waals surface area (Å²) >= 11 is 0. The molecule has 0 spiro atoms. The van der Waals surface area contributed by atoms with Crippen LogP contribution in [0.25, 0.3) is 0 Å².